The number of aromatic nitrogens is 3. The highest BCUT2D eigenvalue weighted by Gasteiger charge is 2.48. The molecule has 0 saturated carbocycles. The SMILES string of the molecule is CN(C(=O)c1ccc(F)c(F)c1)[C@@H]1O[C@H](CO)[C@H](O)[C@H](n2cc(-c3cccc(F)c3)nn2)[C@H]1O. The van der Waals surface area contributed by atoms with Crippen LogP contribution in [0.25, 0.3) is 11.3 Å². The Morgan fingerprint density at radius 2 is 1.88 bits per heavy atom. The van der Waals surface area contributed by atoms with E-state index in [9.17, 15) is 33.3 Å². The van der Waals surface area contributed by atoms with Gasteiger partial charge in [-0.3, -0.25) is 4.79 Å². The smallest absolute Gasteiger partial charge is 0.255 e. The van der Waals surface area contributed by atoms with E-state index in [4.69, 9.17) is 4.74 Å². The lowest BCUT2D eigenvalue weighted by Crippen LogP contribution is -2.61. The predicted molar refractivity (Wildman–Crippen MR) is 111 cm³/mol. The van der Waals surface area contributed by atoms with Crippen molar-refractivity contribution in [1.82, 2.24) is 19.9 Å². The Labute approximate surface area is 191 Å². The maximum Gasteiger partial charge on any atom is 0.255 e. The molecule has 9 nitrogen and oxygen atoms in total. The Morgan fingerprint density at radius 1 is 1.12 bits per heavy atom. The minimum Gasteiger partial charge on any atom is -0.394 e. The van der Waals surface area contributed by atoms with Crippen LogP contribution < -0.4 is 0 Å². The summed E-state index contributed by atoms with van der Waals surface area (Å²) >= 11 is 0. The van der Waals surface area contributed by atoms with Crippen LogP contribution in [-0.4, -0.2) is 79.3 Å². The summed E-state index contributed by atoms with van der Waals surface area (Å²) in [7, 11) is 1.26. The first-order chi connectivity index (χ1) is 16.2. The van der Waals surface area contributed by atoms with Crippen LogP contribution in [-0.2, 0) is 4.74 Å². The molecule has 1 saturated heterocycles. The highest BCUT2D eigenvalue weighted by Crippen LogP contribution is 2.32. The molecular formula is C22H21F3N4O5. The maximum absolute atomic E-state index is 13.6. The lowest BCUT2D eigenvalue weighted by Gasteiger charge is -2.45. The van der Waals surface area contributed by atoms with Gasteiger partial charge in [0.15, 0.2) is 17.9 Å². The quantitative estimate of drug-likeness (QED) is 0.503. The van der Waals surface area contributed by atoms with Crippen molar-refractivity contribution in [2.24, 2.45) is 0 Å². The monoisotopic (exact) mass is 478 g/mol. The maximum atomic E-state index is 13.6. The molecule has 1 aromatic heterocycles. The summed E-state index contributed by atoms with van der Waals surface area (Å²) in [6.45, 7) is -0.653. The van der Waals surface area contributed by atoms with Crippen molar-refractivity contribution >= 4 is 5.91 Å². The summed E-state index contributed by atoms with van der Waals surface area (Å²) in [5, 5.41) is 39.3. The number of hydrogen-bond acceptors (Lipinski definition) is 7. The molecular weight excluding hydrogens is 457 g/mol. The largest absolute Gasteiger partial charge is 0.394 e. The topological polar surface area (TPSA) is 121 Å². The molecule has 2 heterocycles. The van der Waals surface area contributed by atoms with Gasteiger partial charge in [-0.1, -0.05) is 17.3 Å². The van der Waals surface area contributed by atoms with Crippen molar-refractivity contribution in [3.8, 4) is 11.3 Å². The highest BCUT2D eigenvalue weighted by atomic mass is 19.2. The van der Waals surface area contributed by atoms with Crippen molar-refractivity contribution in [3.05, 3.63) is 71.7 Å². The minimum atomic E-state index is -1.57. The number of carbonyl (C=O) groups is 1. The Morgan fingerprint density at radius 3 is 2.56 bits per heavy atom. The number of likely N-dealkylation sites (N-methyl/N-ethyl adjacent to an activating group) is 1. The lowest BCUT2D eigenvalue weighted by atomic mass is 9.94. The average Bonchev–Trinajstić information content (AvgIpc) is 3.30. The fourth-order valence-electron chi connectivity index (χ4n) is 3.87. The fourth-order valence-corrected chi connectivity index (χ4v) is 3.87. The molecule has 0 unspecified atom stereocenters. The van der Waals surface area contributed by atoms with Crippen LogP contribution in [0.5, 0.6) is 0 Å². The summed E-state index contributed by atoms with van der Waals surface area (Å²) < 4.78 is 47.1. The summed E-state index contributed by atoms with van der Waals surface area (Å²) in [6, 6.07) is 6.94. The van der Waals surface area contributed by atoms with Gasteiger partial charge in [0, 0.05) is 18.2 Å². The predicted octanol–water partition coefficient (Wildman–Crippen LogP) is 1.11. The van der Waals surface area contributed by atoms with E-state index in [2.05, 4.69) is 10.3 Å². The zero-order chi connectivity index (χ0) is 24.6. The number of rotatable bonds is 5. The molecule has 3 aromatic rings. The lowest BCUT2D eigenvalue weighted by molar-refractivity contribution is -0.235. The van der Waals surface area contributed by atoms with Gasteiger partial charge < -0.3 is 25.0 Å². The zero-order valence-electron chi connectivity index (χ0n) is 17.8. The first kappa shape index (κ1) is 23.8. The molecule has 5 atom stereocenters. The number of halogens is 3. The summed E-state index contributed by atoms with van der Waals surface area (Å²) in [6.07, 6.45) is -4.27. The third-order valence-corrected chi connectivity index (χ3v) is 5.67. The third kappa shape index (κ3) is 4.40. The van der Waals surface area contributed by atoms with Gasteiger partial charge in [0.25, 0.3) is 5.91 Å². The standard InChI is InChI=1S/C22H21F3N4O5/c1-28(21(33)12-5-6-14(24)15(25)8-12)22-20(32)18(19(31)17(10-30)34-22)29-9-16(26-27-29)11-3-2-4-13(23)7-11/h2-9,17-20,22,30-32H,10H2,1H3/t17-,18+,19+,20-,22-/m1/s1. The molecule has 0 spiro atoms. The van der Waals surface area contributed by atoms with E-state index in [1.165, 1.54) is 31.4 Å². The van der Waals surface area contributed by atoms with Crippen LogP contribution in [0.4, 0.5) is 13.2 Å². The van der Waals surface area contributed by atoms with Crippen LogP contribution in [0.15, 0.2) is 48.7 Å². The number of aliphatic hydroxyl groups excluding tert-OH is 3. The number of benzene rings is 2. The van der Waals surface area contributed by atoms with E-state index in [1.54, 1.807) is 6.07 Å². The Bertz CT molecular complexity index is 1190. The van der Waals surface area contributed by atoms with Gasteiger partial charge in [0.1, 0.15) is 35.9 Å². The van der Waals surface area contributed by atoms with Crippen LogP contribution in [0.3, 0.4) is 0 Å². The van der Waals surface area contributed by atoms with E-state index >= 15 is 0 Å². The van der Waals surface area contributed by atoms with E-state index in [0.29, 0.717) is 11.6 Å². The summed E-state index contributed by atoms with van der Waals surface area (Å²) in [5.41, 5.74) is 0.464. The van der Waals surface area contributed by atoms with Gasteiger partial charge in [-0.25, -0.2) is 17.9 Å². The molecule has 12 heteroatoms. The minimum absolute atomic E-state index is 0.199. The normalized spacial score (nSPS) is 24.7. The van der Waals surface area contributed by atoms with Gasteiger partial charge in [-0.15, -0.1) is 5.10 Å². The summed E-state index contributed by atoms with van der Waals surface area (Å²) in [4.78, 5) is 13.8. The molecule has 180 valence electrons. The first-order valence-corrected chi connectivity index (χ1v) is 10.2. The first-order valence-electron chi connectivity index (χ1n) is 10.2. The molecule has 2 aromatic carbocycles. The van der Waals surface area contributed by atoms with E-state index < -0.39 is 60.5 Å². The second kappa shape index (κ2) is 9.50. The molecule has 0 radical (unpaired) electrons. The van der Waals surface area contributed by atoms with Crippen molar-refractivity contribution in [3.63, 3.8) is 0 Å². The Kier molecular flexibility index (Phi) is 6.66. The van der Waals surface area contributed by atoms with Crippen molar-refractivity contribution in [2.45, 2.75) is 30.6 Å². The van der Waals surface area contributed by atoms with Crippen LogP contribution in [0.1, 0.15) is 16.4 Å². The second-order valence-corrected chi connectivity index (χ2v) is 7.86. The Hall–Kier alpha value is -3.32. The van der Waals surface area contributed by atoms with E-state index in [1.807, 2.05) is 0 Å². The van der Waals surface area contributed by atoms with Crippen molar-refractivity contribution < 1.29 is 38.0 Å². The van der Waals surface area contributed by atoms with Gasteiger partial charge in [-0.2, -0.15) is 0 Å². The number of nitrogens with zero attached hydrogens (tertiary/aromatic N) is 4. The molecule has 34 heavy (non-hydrogen) atoms. The van der Waals surface area contributed by atoms with Crippen LogP contribution in [0.2, 0.25) is 0 Å². The van der Waals surface area contributed by atoms with Crippen molar-refractivity contribution in [2.75, 3.05) is 13.7 Å². The van der Waals surface area contributed by atoms with E-state index in [0.717, 1.165) is 21.7 Å². The number of ether oxygens (including phenoxy) is 1. The average molecular weight is 478 g/mol. The molecule has 1 fully saturated rings. The fraction of sp³-hybridized carbons (Fsp3) is 0.318. The Balaban J connectivity index is 1.63. The molecule has 1 aliphatic rings. The molecule has 3 N–H and O–H groups in total. The number of carbonyl (C=O) groups excluding carboxylic acids is 1. The van der Waals surface area contributed by atoms with Gasteiger partial charge in [0.05, 0.1) is 12.8 Å². The zero-order valence-corrected chi connectivity index (χ0v) is 17.8. The third-order valence-electron chi connectivity index (χ3n) is 5.67. The number of aliphatic hydroxyl groups is 3. The van der Waals surface area contributed by atoms with Gasteiger partial charge >= 0.3 is 0 Å². The molecule has 1 amide bonds. The molecule has 0 aliphatic carbocycles. The second-order valence-electron chi connectivity index (χ2n) is 7.86. The van der Waals surface area contributed by atoms with Crippen LogP contribution in [0, 0.1) is 17.5 Å². The van der Waals surface area contributed by atoms with Gasteiger partial charge in [0.2, 0.25) is 0 Å². The molecule has 1 aliphatic heterocycles. The molecule has 0 bridgehead atoms. The summed E-state index contributed by atoms with van der Waals surface area (Å²) in [5.74, 6) is -3.64. The van der Waals surface area contributed by atoms with E-state index in [-0.39, 0.29) is 11.3 Å². The van der Waals surface area contributed by atoms with Crippen LogP contribution >= 0.6 is 0 Å². The van der Waals surface area contributed by atoms with Crippen molar-refractivity contribution in [1.29, 1.82) is 0 Å². The molecule has 4 rings (SSSR count). The number of amides is 1. The number of hydrogen-bond donors (Lipinski definition) is 3. The van der Waals surface area contributed by atoms with Gasteiger partial charge in [-0.05, 0) is 30.3 Å². The highest BCUT2D eigenvalue weighted by molar-refractivity contribution is 5.94.